The number of carbonyl (C=O) groups is 2. The highest BCUT2D eigenvalue weighted by Gasteiger charge is 2.45. The van der Waals surface area contributed by atoms with E-state index in [2.05, 4.69) is 12.2 Å². The Morgan fingerprint density at radius 1 is 1.21 bits per heavy atom. The highest BCUT2D eigenvalue weighted by atomic mass is 16.4. The lowest BCUT2D eigenvalue weighted by atomic mass is 9.74. The molecule has 0 aromatic heterocycles. The van der Waals surface area contributed by atoms with E-state index in [1.807, 2.05) is 6.92 Å². The topological polar surface area (TPSA) is 69.6 Å². The van der Waals surface area contributed by atoms with Crippen molar-refractivity contribution in [2.24, 2.45) is 11.3 Å². The number of hydrogen-bond acceptors (Lipinski definition) is 2. The third kappa shape index (κ3) is 3.01. The van der Waals surface area contributed by atoms with E-state index < -0.39 is 16.9 Å². The largest absolute Gasteiger partial charge is 0.481 e. The highest BCUT2D eigenvalue weighted by molar-refractivity contribution is 5.80. The zero-order valence-corrected chi connectivity index (χ0v) is 12.8. The average Bonchev–Trinajstić information content (AvgIpc) is 2.56. The molecule has 1 rings (SSSR count). The van der Waals surface area contributed by atoms with Gasteiger partial charge in [-0.3, -0.25) is 4.79 Å². The van der Waals surface area contributed by atoms with Gasteiger partial charge in [0.05, 0.1) is 11.0 Å². The standard InChI is InChI=1S/C14H26N2O3/c1-9-7-10(2)16(8-9)12(19)15-14(5,6)13(3,4)11(17)18/h9-10H,7-8H2,1-6H3,(H,15,19)(H,17,18). The van der Waals surface area contributed by atoms with Crippen LogP contribution in [0.15, 0.2) is 0 Å². The molecule has 110 valence electrons. The Hall–Kier alpha value is -1.26. The van der Waals surface area contributed by atoms with Crippen LogP contribution in [0, 0.1) is 11.3 Å². The molecule has 1 saturated heterocycles. The molecule has 0 aromatic carbocycles. The molecule has 2 amide bonds. The molecule has 0 saturated carbocycles. The fourth-order valence-electron chi connectivity index (χ4n) is 2.35. The van der Waals surface area contributed by atoms with Gasteiger partial charge in [-0.2, -0.15) is 0 Å². The Morgan fingerprint density at radius 2 is 1.74 bits per heavy atom. The fourth-order valence-corrected chi connectivity index (χ4v) is 2.35. The summed E-state index contributed by atoms with van der Waals surface area (Å²) >= 11 is 0. The number of carboxylic acids is 1. The molecular formula is C14H26N2O3. The van der Waals surface area contributed by atoms with Crippen molar-refractivity contribution in [2.45, 2.75) is 59.5 Å². The number of aliphatic carboxylic acids is 1. The van der Waals surface area contributed by atoms with E-state index in [1.54, 1.807) is 32.6 Å². The van der Waals surface area contributed by atoms with E-state index in [0.717, 1.165) is 13.0 Å². The van der Waals surface area contributed by atoms with Crippen LogP contribution in [0.2, 0.25) is 0 Å². The molecule has 1 aliphatic heterocycles. The summed E-state index contributed by atoms with van der Waals surface area (Å²) in [7, 11) is 0. The predicted molar refractivity (Wildman–Crippen MR) is 74.0 cm³/mol. The van der Waals surface area contributed by atoms with Crippen molar-refractivity contribution in [3.05, 3.63) is 0 Å². The van der Waals surface area contributed by atoms with Crippen molar-refractivity contribution in [3.63, 3.8) is 0 Å². The maximum absolute atomic E-state index is 12.3. The van der Waals surface area contributed by atoms with E-state index >= 15 is 0 Å². The van der Waals surface area contributed by atoms with Crippen LogP contribution in [0.4, 0.5) is 4.79 Å². The van der Waals surface area contributed by atoms with Crippen molar-refractivity contribution >= 4 is 12.0 Å². The van der Waals surface area contributed by atoms with Crippen LogP contribution in [0.1, 0.15) is 48.0 Å². The number of likely N-dealkylation sites (tertiary alicyclic amines) is 1. The number of carbonyl (C=O) groups excluding carboxylic acids is 1. The summed E-state index contributed by atoms with van der Waals surface area (Å²) < 4.78 is 0. The lowest BCUT2D eigenvalue weighted by Crippen LogP contribution is -2.60. The molecule has 0 spiro atoms. The molecule has 1 fully saturated rings. The summed E-state index contributed by atoms with van der Waals surface area (Å²) in [4.78, 5) is 25.4. The van der Waals surface area contributed by atoms with Crippen LogP contribution in [-0.4, -0.2) is 40.1 Å². The fraction of sp³-hybridized carbons (Fsp3) is 0.857. The van der Waals surface area contributed by atoms with Crippen molar-refractivity contribution in [1.29, 1.82) is 0 Å². The van der Waals surface area contributed by atoms with Gasteiger partial charge in [-0.1, -0.05) is 6.92 Å². The quantitative estimate of drug-likeness (QED) is 0.827. The predicted octanol–water partition coefficient (Wildman–Crippen LogP) is 2.32. The van der Waals surface area contributed by atoms with Gasteiger partial charge in [0.25, 0.3) is 0 Å². The van der Waals surface area contributed by atoms with E-state index in [0.29, 0.717) is 5.92 Å². The molecule has 5 nitrogen and oxygen atoms in total. The Labute approximate surface area is 115 Å². The molecule has 0 aromatic rings. The Balaban J connectivity index is 2.79. The molecular weight excluding hydrogens is 244 g/mol. The van der Waals surface area contributed by atoms with Gasteiger partial charge in [-0.05, 0) is 47.0 Å². The minimum atomic E-state index is -1.03. The number of amides is 2. The number of carboxylic acid groups (broad SMARTS) is 1. The molecule has 2 atom stereocenters. The van der Waals surface area contributed by atoms with Crippen molar-refractivity contribution in [2.75, 3.05) is 6.54 Å². The number of rotatable bonds is 3. The lowest BCUT2D eigenvalue weighted by Gasteiger charge is -2.40. The van der Waals surface area contributed by atoms with Gasteiger partial charge in [0.1, 0.15) is 0 Å². The third-order valence-corrected chi connectivity index (χ3v) is 4.56. The van der Waals surface area contributed by atoms with Crippen LogP contribution in [-0.2, 0) is 4.79 Å². The first-order chi connectivity index (χ1) is 8.49. The third-order valence-electron chi connectivity index (χ3n) is 4.56. The molecule has 2 unspecified atom stereocenters. The van der Waals surface area contributed by atoms with Crippen molar-refractivity contribution < 1.29 is 14.7 Å². The summed E-state index contributed by atoms with van der Waals surface area (Å²) in [5, 5.41) is 12.2. The second-order valence-corrected chi connectivity index (χ2v) is 6.83. The van der Waals surface area contributed by atoms with E-state index in [1.165, 1.54) is 0 Å². The second kappa shape index (κ2) is 5.02. The normalized spacial score (nSPS) is 24.4. The molecule has 19 heavy (non-hydrogen) atoms. The molecule has 0 bridgehead atoms. The van der Waals surface area contributed by atoms with Gasteiger partial charge in [0.2, 0.25) is 0 Å². The summed E-state index contributed by atoms with van der Waals surface area (Å²) in [5.74, 6) is -0.419. The molecule has 5 heteroatoms. The highest BCUT2D eigenvalue weighted by Crippen LogP contribution is 2.31. The van der Waals surface area contributed by atoms with Gasteiger partial charge >= 0.3 is 12.0 Å². The SMILES string of the molecule is CC1CC(C)N(C(=O)NC(C)(C)C(C)(C)C(=O)O)C1. The molecule has 0 radical (unpaired) electrons. The Bertz CT molecular complexity index is 377. The summed E-state index contributed by atoms with van der Waals surface area (Å²) in [6.45, 7) is 11.6. The molecule has 2 N–H and O–H groups in total. The number of hydrogen-bond donors (Lipinski definition) is 2. The zero-order valence-electron chi connectivity index (χ0n) is 12.8. The first-order valence-electron chi connectivity index (χ1n) is 6.81. The lowest BCUT2D eigenvalue weighted by molar-refractivity contribution is -0.150. The number of nitrogens with one attached hydrogen (secondary N) is 1. The molecule has 1 aliphatic rings. The Morgan fingerprint density at radius 3 is 2.11 bits per heavy atom. The first kappa shape index (κ1) is 15.8. The smallest absolute Gasteiger partial charge is 0.318 e. The van der Waals surface area contributed by atoms with Crippen LogP contribution >= 0.6 is 0 Å². The van der Waals surface area contributed by atoms with E-state index in [9.17, 15) is 14.7 Å². The summed E-state index contributed by atoms with van der Waals surface area (Å²) in [6.07, 6.45) is 0.996. The van der Waals surface area contributed by atoms with Gasteiger partial charge in [0.15, 0.2) is 0 Å². The summed E-state index contributed by atoms with van der Waals surface area (Å²) in [6, 6.07) is 0.0370. The van der Waals surface area contributed by atoms with Crippen LogP contribution in [0.3, 0.4) is 0 Å². The van der Waals surface area contributed by atoms with Crippen molar-refractivity contribution in [3.8, 4) is 0 Å². The maximum Gasteiger partial charge on any atom is 0.318 e. The monoisotopic (exact) mass is 270 g/mol. The second-order valence-electron chi connectivity index (χ2n) is 6.83. The minimum absolute atomic E-state index is 0.170. The van der Waals surface area contributed by atoms with E-state index in [4.69, 9.17) is 0 Å². The number of nitrogens with zero attached hydrogens (tertiary/aromatic N) is 1. The van der Waals surface area contributed by atoms with E-state index in [-0.39, 0.29) is 12.1 Å². The Kier molecular flexibility index (Phi) is 4.17. The van der Waals surface area contributed by atoms with Crippen molar-refractivity contribution in [1.82, 2.24) is 10.2 Å². The average molecular weight is 270 g/mol. The molecule has 0 aliphatic carbocycles. The minimum Gasteiger partial charge on any atom is -0.481 e. The summed E-state index contributed by atoms with van der Waals surface area (Å²) in [5.41, 5.74) is -1.85. The van der Waals surface area contributed by atoms with Gasteiger partial charge in [0, 0.05) is 12.6 Å². The van der Waals surface area contributed by atoms with Gasteiger partial charge < -0.3 is 15.3 Å². The number of urea groups is 1. The zero-order chi connectivity index (χ0) is 15.0. The van der Waals surface area contributed by atoms with Crippen LogP contribution in [0.25, 0.3) is 0 Å². The van der Waals surface area contributed by atoms with Gasteiger partial charge in [-0.25, -0.2) is 4.79 Å². The van der Waals surface area contributed by atoms with Gasteiger partial charge in [-0.15, -0.1) is 0 Å². The maximum atomic E-state index is 12.3. The molecule has 1 heterocycles. The van der Waals surface area contributed by atoms with Crippen LogP contribution in [0.5, 0.6) is 0 Å². The first-order valence-corrected chi connectivity index (χ1v) is 6.81. The van der Waals surface area contributed by atoms with Crippen LogP contribution < -0.4 is 5.32 Å².